The molecule has 0 spiro atoms. The molecule has 1 atom stereocenters. The van der Waals surface area contributed by atoms with Gasteiger partial charge in [-0.2, -0.15) is 0 Å². The van der Waals surface area contributed by atoms with Gasteiger partial charge in [-0.25, -0.2) is 0 Å². The zero-order valence-electron chi connectivity index (χ0n) is 15.4. The van der Waals surface area contributed by atoms with Crippen LogP contribution < -0.4 is 10.6 Å². The first-order chi connectivity index (χ1) is 11.7. The molecule has 0 radical (unpaired) electrons. The first kappa shape index (κ1) is 22.2. The van der Waals surface area contributed by atoms with Crippen molar-refractivity contribution < 1.29 is 5.11 Å². The summed E-state index contributed by atoms with van der Waals surface area (Å²) in [6.45, 7) is 7.48. The van der Waals surface area contributed by atoms with E-state index in [-0.39, 0.29) is 36.5 Å². The van der Waals surface area contributed by atoms with E-state index in [1.165, 1.54) is 25.9 Å². The predicted molar refractivity (Wildman–Crippen MR) is 116 cm³/mol. The Morgan fingerprint density at radius 3 is 2.52 bits per heavy atom. The normalized spacial score (nSPS) is 17.6. The highest BCUT2D eigenvalue weighted by Crippen LogP contribution is 2.15. The molecule has 0 aromatic heterocycles. The predicted octanol–water partition coefficient (Wildman–Crippen LogP) is 2.28. The summed E-state index contributed by atoms with van der Waals surface area (Å²) >= 11 is 0. The zero-order valence-corrected chi connectivity index (χ0v) is 17.8. The second-order valence-electron chi connectivity index (χ2n) is 6.69. The number of guanidine groups is 1. The summed E-state index contributed by atoms with van der Waals surface area (Å²) < 4.78 is 0. The topological polar surface area (TPSA) is 59.9 Å². The van der Waals surface area contributed by atoms with Gasteiger partial charge in [0, 0.05) is 32.6 Å². The summed E-state index contributed by atoms with van der Waals surface area (Å²) in [5.41, 5.74) is 1.14. The Balaban J connectivity index is 0.00000312. The number of rotatable bonds is 7. The fourth-order valence-corrected chi connectivity index (χ4v) is 3.07. The van der Waals surface area contributed by atoms with Gasteiger partial charge in [0.1, 0.15) is 0 Å². The van der Waals surface area contributed by atoms with Crippen LogP contribution in [0.15, 0.2) is 35.3 Å². The summed E-state index contributed by atoms with van der Waals surface area (Å²) in [6, 6.07) is 10.1. The molecule has 1 heterocycles. The quantitative estimate of drug-likeness (QED) is 0.332. The van der Waals surface area contributed by atoms with E-state index in [0.29, 0.717) is 6.54 Å². The third-order valence-corrected chi connectivity index (χ3v) is 4.83. The van der Waals surface area contributed by atoms with Crippen LogP contribution in [-0.2, 0) is 0 Å². The summed E-state index contributed by atoms with van der Waals surface area (Å²) in [6.07, 6.45) is 2.62. The lowest BCUT2D eigenvalue weighted by Gasteiger charge is -2.30. The minimum absolute atomic E-state index is 0. The fourth-order valence-electron chi connectivity index (χ4n) is 3.07. The summed E-state index contributed by atoms with van der Waals surface area (Å²) in [4.78, 5) is 6.79. The molecule has 1 aliphatic heterocycles. The molecule has 25 heavy (non-hydrogen) atoms. The molecule has 0 saturated carbocycles. The van der Waals surface area contributed by atoms with Crippen LogP contribution in [0.2, 0.25) is 0 Å². The highest BCUT2D eigenvalue weighted by molar-refractivity contribution is 14.0. The third kappa shape index (κ3) is 7.92. The maximum Gasteiger partial charge on any atom is 0.191 e. The van der Waals surface area contributed by atoms with E-state index >= 15 is 0 Å². The average molecular weight is 460 g/mol. The van der Waals surface area contributed by atoms with Crippen molar-refractivity contribution in [2.45, 2.75) is 25.7 Å². The Labute approximate surface area is 169 Å². The highest BCUT2D eigenvalue weighted by atomic mass is 127. The van der Waals surface area contributed by atoms with Crippen molar-refractivity contribution in [2.75, 3.05) is 46.4 Å². The van der Waals surface area contributed by atoms with E-state index in [2.05, 4.69) is 39.6 Å². The molecule has 1 aliphatic rings. The van der Waals surface area contributed by atoms with E-state index in [1.807, 2.05) is 18.2 Å². The van der Waals surface area contributed by atoms with Crippen molar-refractivity contribution in [3.63, 3.8) is 0 Å². The van der Waals surface area contributed by atoms with Gasteiger partial charge < -0.3 is 20.6 Å². The number of aliphatic imine (C=N–C) groups is 1. The molecule has 1 unspecified atom stereocenters. The van der Waals surface area contributed by atoms with Crippen molar-refractivity contribution in [3.05, 3.63) is 35.9 Å². The van der Waals surface area contributed by atoms with Crippen molar-refractivity contribution in [3.8, 4) is 0 Å². The number of hydrogen-bond donors (Lipinski definition) is 3. The van der Waals surface area contributed by atoms with E-state index < -0.39 is 0 Å². The highest BCUT2D eigenvalue weighted by Gasteiger charge is 2.15. The number of piperidine rings is 1. The number of likely N-dealkylation sites (tertiary alicyclic amines) is 1. The maximum atomic E-state index is 9.63. The van der Waals surface area contributed by atoms with Crippen LogP contribution in [0.1, 0.15) is 31.2 Å². The number of nitrogens with one attached hydrogen (secondary N) is 2. The Morgan fingerprint density at radius 1 is 1.24 bits per heavy atom. The van der Waals surface area contributed by atoms with Gasteiger partial charge in [0.2, 0.25) is 0 Å². The van der Waals surface area contributed by atoms with Gasteiger partial charge in [-0.05, 0) is 37.4 Å². The van der Waals surface area contributed by atoms with Gasteiger partial charge in [0.05, 0.1) is 6.61 Å². The molecule has 0 bridgehead atoms. The molecule has 1 aromatic carbocycles. The molecule has 0 amide bonds. The van der Waals surface area contributed by atoms with Gasteiger partial charge in [-0.3, -0.25) is 4.99 Å². The molecule has 0 aliphatic carbocycles. The molecule has 5 nitrogen and oxygen atoms in total. The summed E-state index contributed by atoms with van der Waals surface area (Å²) in [5.74, 6) is 1.75. The number of halogens is 1. The molecule has 1 saturated heterocycles. The molecular formula is C19H33IN4O. The minimum atomic E-state index is 0. The number of hydrogen-bond acceptors (Lipinski definition) is 3. The van der Waals surface area contributed by atoms with E-state index in [4.69, 9.17) is 0 Å². The van der Waals surface area contributed by atoms with Crippen LogP contribution in [0.5, 0.6) is 0 Å². The smallest absolute Gasteiger partial charge is 0.191 e. The van der Waals surface area contributed by atoms with E-state index in [1.54, 1.807) is 7.05 Å². The second-order valence-corrected chi connectivity index (χ2v) is 6.69. The molecular weight excluding hydrogens is 427 g/mol. The molecule has 1 fully saturated rings. The Bertz CT molecular complexity index is 489. The standard InChI is InChI=1S/C19H32N4O.HI/c1-16-8-11-23(12-9-16)13-10-21-19(20-2)22-14-18(15-24)17-6-4-3-5-7-17;/h3-7,16,18,24H,8-15H2,1-2H3,(H2,20,21,22);1H. The van der Waals surface area contributed by atoms with Crippen LogP contribution in [0, 0.1) is 5.92 Å². The summed E-state index contributed by atoms with van der Waals surface area (Å²) in [5, 5.41) is 16.3. The van der Waals surface area contributed by atoms with Crippen LogP contribution >= 0.6 is 24.0 Å². The lowest BCUT2D eigenvalue weighted by atomic mass is 9.99. The Morgan fingerprint density at radius 2 is 1.92 bits per heavy atom. The SMILES string of the molecule is CN=C(NCCN1CCC(C)CC1)NCC(CO)c1ccccc1.I. The van der Waals surface area contributed by atoms with Crippen molar-refractivity contribution in [2.24, 2.45) is 10.9 Å². The largest absolute Gasteiger partial charge is 0.396 e. The molecule has 142 valence electrons. The number of aliphatic hydroxyl groups is 1. The minimum Gasteiger partial charge on any atom is -0.396 e. The number of benzene rings is 1. The summed E-state index contributed by atoms with van der Waals surface area (Å²) in [7, 11) is 1.79. The molecule has 3 N–H and O–H groups in total. The van der Waals surface area contributed by atoms with Crippen molar-refractivity contribution >= 4 is 29.9 Å². The first-order valence-corrected chi connectivity index (χ1v) is 9.05. The Hall–Kier alpha value is -0.860. The van der Waals surface area contributed by atoms with E-state index in [9.17, 15) is 5.11 Å². The van der Waals surface area contributed by atoms with Gasteiger partial charge in [0.25, 0.3) is 0 Å². The van der Waals surface area contributed by atoms with E-state index in [0.717, 1.165) is 30.5 Å². The molecule has 6 heteroatoms. The van der Waals surface area contributed by atoms with Gasteiger partial charge >= 0.3 is 0 Å². The maximum absolute atomic E-state index is 9.63. The number of aliphatic hydroxyl groups excluding tert-OH is 1. The molecule has 1 aromatic rings. The third-order valence-electron chi connectivity index (χ3n) is 4.83. The van der Waals surface area contributed by atoms with Crippen LogP contribution in [-0.4, -0.2) is 62.3 Å². The van der Waals surface area contributed by atoms with Crippen LogP contribution in [0.25, 0.3) is 0 Å². The first-order valence-electron chi connectivity index (χ1n) is 9.05. The van der Waals surface area contributed by atoms with Gasteiger partial charge in [-0.15, -0.1) is 24.0 Å². The fraction of sp³-hybridized carbons (Fsp3) is 0.632. The lowest BCUT2D eigenvalue weighted by molar-refractivity contribution is 0.195. The lowest BCUT2D eigenvalue weighted by Crippen LogP contribution is -2.44. The average Bonchev–Trinajstić information content (AvgIpc) is 2.63. The number of nitrogens with zero attached hydrogens (tertiary/aromatic N) is 2. The molecule has 2 rings (SSSR count). The zero-order chi connectivity index (χ0) is 17.2. The van der Waals surface area contributed by atoms with Gasteiger partial charge in [-0.1, -0.05) is 37.3 Å². The van der Waals surface area contributed by atoms with Gasteiger partial charge in [0.15, 0.2) is 5.96 Å². The Kier molecular flexibility index (Phi) is 11.1. The second kappa shape index (κ2) is 12.5. The van der Waals surface area contributed by atoms with Crippen LogP contribution in [0.3, 0.4) is 0 Å². The van der Waals surface area contributed by atoms with Crippen LogP contribution in [0.4, 0.5) is 0 Å². The van der Waals surface area contributed by atoms with Crippen molar-refractivity contribution in [1.82, 2.24) is 15.5 Å². The van der Waals surface area contributed by atoms with Crippen molar-refractivity contribution in [1.29, 1.82) is 0 Å². The monoisotopic (exact) mass is 460 g/mol.